The number of likely N-dealkylation sites (tertiary alicyclic amines) is 1. The van der Waals surface area contributed by atoms with Crippen molar-refractivity contribution in [1.29, 1.82) is 0 Å². The Kier molecular flexibility index (Phi) is 7.83. The summed E-state index contributed by atoms with van der Waals surface area (Å²) in [6, 6.07) is 15.9. The lowest BCUT2D eigenvalue weighted by molar-refractivity contribution is 0.0223. The van der Waals surface area contributed by atoms with Crippen LogP contribution in [0.2, 0.25) is 0 Å². The van der Waals surface area contributed by atoms with Crippen molar-refractivity contribution >= 4 is 12.2 Å². The van der Waals surface area contributed by atoms with Gasteiger partial charge in [-0.05, 0) is 74.8 Å². The number of benzene rings is 2. The SMILES string of the molecule is CC(C)(C)OC(=O)N1CCc2ccc(OCC3CCN(C(=O)OCc4ccccc4)CC3)cc2C1. The molecule has 2 amide bonds. The number of carbonyl (C=O) groups excluding carboxylic acids is 2. The quantitative estimate of drug-likeness (QED) is 0.573. The summed E-state index contributed by atoms with van der Waals surface area (Å²) in [5.41, 5.74) is 2.84. The molecule has 2 aromatic carbocycles. The van der Waals surface area contributed by atoms with E-state index in [1.54, 1.807) is 9.80 Å². The first-order chi connectivity index (χ1) is 16.8. The van der Waals surface area contributed by atoms with E-state index in [-0.39, 0.29) is 12.2 Å². The summed E-state index contributed by atoms with van der Waals surface area (Å²) in [4.78, 5) is 28.4. The first kappa shape index (κ1) is 24.9. The van der Waals surface area contributed by atoms with Crippen molar-refractivity contribution in [3.63, 3.8) is 0 Å². The third kappa shape index (κ3) is 7.13. The van der Waals surface area contributed by atoms with Gasteiger partial charge in [0.25, 0.3) is 0 Å². The van der Waals surface area contributed by atoms with Crippen molar-refractivity contribution in [1.82, 2.24) is 9.80 Å². The number of amides is 2. The van der Waals surface area contributed by atoms with E-state index in [0.29, 0.717) is 45.3 Å². The molecular weight excluding hydrogens is 444 g/mol. The molecule has 0 N–H and O–H groups in total. The topological polar surface area (TPSA) is 68.3 Å². The van der Waals surface area contributed by atoms with Crippen molar-refractivity contribution in [3.05, 3.63) is 65.2 Å². The molecule has 0 radical (unpaired) electrons. The van der Waals surface area contributed by atoms with Crippen LogP contribution in [0.3, 0.4) is 0 Å². The molecule has 1 fully saturated rings. The summed E-state index contributed by atoms with van der Waals surface area (Å²) in [6.07, 6.45) is 2.06. The van der Waals surface area contributed by atoms with Crippen molar-refractivity contribution < 1.29 is 23.8 Å². The number of hydrogen-bond acceptors (Lipinski definition) is 5. The Labute approximate surface area is 207 Å². The Balaban J connectivity index is 1.22. The van der Waals surface area contributed by atoms with Gasteiger partial charge in [-0.3, -0.25) is 0 Å². The third-order valence-corrected chi connectivity index (χ3v) is 6.41. The van der Waals surface area contributed by atoms with E-state index in [2.05, 4.69) is 6.07 Å². The van der Waals surface area contributed by atoms with Gasteiger partial charge in [0.2, 0.25) is 0 Å². The lowest BCUT2D eigenvalue weighted by Crippen LogP contribution is -2.40. The largest absolute Gasteiger partial charge is 0.493 e. The van der Waals surface area contributed by atoms with Crippen LogP contribution in [-0.2, 0) is 29.0 Å². The van der Waals surface area contributed by atoms with Gasteiger partial charge in [0.1, 0.15) is 18.0 Å². The third-order valence-electron chi connectivity index (χ3n) is 6.41. The Morgan fingerprint density at radius 2 is 1.66 bits per heavy atom. The van der Waals surface area contributed by atoms with E-state index in [1.165, 1.54) is 5.56 Å². The molecule has 35 heavy (non-hydrogen) atoms. The zero-order chi connectivity index (χ0) is 24.8. The molecule has 7 heteroatoms. The summed E-state index contributed by atoms with van der Waals surface area (Å²) in [5.74, 6) is 1.21. The highest BCUT2D eigenvalue weighted by Gasteiger charge is 2.27. The molecule has 0 unspecified atom stereocenters. The van der Waals surface area contributed by atoms with Gasteiger partial charge in [0, 0.05) is 26.2 Å². The molecule has 0 aliphatic carbocycles. The average Bonchev–Trinajstić information content (AvgIpc) is 2.85. The van der Waals surface area contributed by atoms with Crippen LogP contribution in [0, 0.1) is 5.92 Å². The molecule has 2 heterocycles. The molecule has 0 saturated carbocycles. The first-order valence-corrected chi connectivity index (χ1v) is 12.4. The molecule has 2 aliphatic rings. The predicted octanol–water partition coefficient (Wildman–Crippen LogP) is 5.41. The number of piperidine rings is 1. The average molecular weight is 481 g/mol. The molecule has 7 nitrogen and oxygen atoms in total. The van der Waals surface area contributed by atoms with E-state index in [9.17, 15) is 9.59 Å². The summed E-state index contributed by atoms with van der Waals surface area (Å²) in [6.45, 7) is 9.10. The van der Waals surface area contributed by atoms with Gasteiger partial charge in [0.05, 0.1) is 6.61 Å². The number of carbonyl (C=O) groups is 2. The van der Waals surface area contributed by atoms with Crippen LogP contribution in [0.1, 0.15) is 50.3 Å². The smallest absolute Gasteiger partial charge is 0.410 e. The van der Waals surface area contributed by atoms with Crippen molar-refractivity contribution in [2.75, 3.05) is 26.2 Å². The lowest BCUT2D eigenvalue weighted by Gasteiger charge is -2.32. The fraction of sp³-hybridized carbons (Fsp3) is 0.500. The zero-order valence-corrected chi connectivity index (χ0v) is 21.0. The second-order valence-electron chi connectivity index (χ2n) is 10.4. The van der Waals surface area contributed by atoms with E-state index < -0.39 is 5.60 Å². The number of fused-ring (bicyclic) bond motifs is 1. The molecule has 0 atom stereocenters. The van der Waals surface area contributed by atoms with Crippen LogP contribution in [0.15, 0.2) is 48.5 Å². The Morgan fingerprint density at radius 1 is 0.914 bits per heavy atom. The van der Waals surface area contributed by atoms with E-state index in [0.717, 1.165) is 36.1 Å². The van der Waals surface area contributed by atoms with Crippen LogP contribution in [-0.4, -0.2) is 53.8 Å². The lowest BCUT2D eigenvalue weighted by atomic mass is 9.98. The van der Waals surface area contributed by atoms with E-state index >= 15 is 0 Å². The van der Waals surface area contributed by atoms with Gasteiger partial charge in [-0.25, -0.2) is 9.59 Å². The Bertz CT molecular complexity index is 1010. The maximum absolute atomic E-state index is 12.5. The molecule has 0 spiro atoms. The normalized spacial score (nSPS) is 16.4. The van der Waals surface area contributed by atoms with Crippen LogP contribution in [0.5, 0.6) is 5.75 Å². The van der Waals surface area contributed by atoms with Gasteiger partial charge in [-0.15, -0.1) is 0 Å². The summed E-state index contributed by atoms with van der Waals surface area (Å²) >= 11 is 0. The fourth-order valence-electron chi connectivity index (χ4n) is 4.41. The second kappa shape index (κ2) is 11.0. The van der Waals surface area contributed by atoms with Crippen molar-refractivity contribution in [3.8, 4) is 5.75 Å². The minimum Gasteiger partial charge on any atom is -0.493 e. The molecule has 4 rings (SSSR count). The van der Waals surface area contributed by atoms with Crippen LogP contribution in [0.4, 0.5) is 9.59 Å². The van der Waals surface area contributed by atoms with Crippen molar-refractivity contribution in [2.24, 2.45) is 5.92 Å². The highest BCUT2D eigenvalue weighted by molar-refractivity contribution is 5.69. The van der Waals surface area contributed by atoms with Gasteiger partial charge >= 0.3 is 12.2 Å². The van der Waals surface area contributed by atoms with Crippen LogP contribution in [0.25, 0.3) is 0 Å². The molecule has 2 aromatic rings. The number of hydrogen-bond donors (Lipinski definition) is 0. The molecule has 0 bridgehead atoms. The highest BCUT2D eigenvalue weighted by Crippen LogP contribution is 2.26. The summed E-state index contributed by atoms with van der Waals surface area (Å²) in [7, 11) is 0. The minimum atomic E-state index is -0.503. The first-order valence-electron chi connectivity index (χ1n) is 12.4. The van der Waals surface area contributed by atoms with Gasteiger partial charge in [0.15, 0.2) is 0 Å². The monoisotopic (exact) mass is 480 g/mol. The van der Waals surface area contributed by atoms with Crippen LogP contribution < -0.4 is 4.74 Å². The summed E-state index contributed by atoms with van der Waals surface area (Å²) in [5, 5.41) is 0. The number of nitrogens with zero attached hydrogens (tertiary/aromatic N) is 2. The van der Waals surface area contributed by atoms with Gasteiger partial charge in [-0.2, -0.15) is 0 Å². The van der Waals surface area contributed by atoms with E-state index in [4.69, 9.17) is 14.2 Å². The Morgan fingerprint density at radius 3 is 2.37 bits per heavy atom. The zero-order valence-electron chi connectivity index (χ0n) is 21.0. The van der Waals surface area contributed by atoms with E-state index in [1.807, 2.05) is 63.2 Å². The molecular formula is C28H36N2O5. The molecule has 2 aliphatic heterocycles. The van der Waals surface area contributed by atoms with Gasteiger partial charge < -0.3 is 24.0 Å². The maximum atomic E-state index is 12.5. The fourth-order valence-corrected chi connectivity index (χ4v) is 4.41. The molecule has 188 valence electrons. The predicted molar refractivity (Wildman–Crippen MR) is 133 cm³/mol. The molecule has 1 saturated heterocycles. The minimum absolute atomic E-state index is 0.252. The highest BCUT2D eigenvalue weighted by atomic mass is 16.6. The number of rotatable bonds is 5. The van der Waals surface area contributed by atoms with Crippen LogP contribution >= 0.6 is 0 Å². The van der Waals surface area contributed by atoms with Gasteiger partial charge in [-0.1, -0.05) is 36.4 Å². The summed E-state index contributed by atoms with van der Waals surface area (Å²) < 4.78 is 17.1. The molecule has 0 aromatic heterocycles. The maximum Gasteiger partial charge on any atom is 0.410 e. The number of ether oxygens (including phenoxy) is 3. The Hall–Kier alpha value is -3.22. The second-order valence-corrected chi connectivity index (χ2v) is 10.4. The van der Waals surface area contributed by atoms with Crippen molar-refractivity contribution in [2.45, 2.75) is 58.8 Å². The standard InChI is InChI=1S/C28H36N2O5/c1-28(2,3)35-27(32)30-16-13-23-9-10-25(17-24(23)18-30)33-19-22-11-14-29(15-12-22)26(31)34-20-21-7-5-4-6-8-21/h4-10,17,22H,11-16,18-20H2,1-3H3.